The van der Waals surface area contributed by atoms with Crippen molar-refractivity contribution in [1.29, 1.82) is 0 Å². The van der Waals surface area contributed by atoms with Crippen molar-refractivity contribution in [3.05, 3.63) is 122 Å². The zero-order chi connectivity index (χ0) is 57.1. The minimum atomic E-state index is -0.787. The van der Waals surface area contributed by atoms with Crippen molar-refractivity contribution in [1.82, 2.24) is 0 Å². The van der Waals surface area contributed by atoms with Crippen LogP contribution in [0.4, 0.5) is 0 Å². The molecule has 0 aromatic rings. The highest BCUT2D eigenvalue weighted by molar-refractivity contribution is 5.71. The van der Waals surface area contributed by atoms with Crippen molar-refractivity contribution >= 4 is 17.9 Å². The molecule has 1 unspecified atom stereocenters. The van der Waals surface area contributed by atoms with E-state index in [1.807, 2.05) is 0 Å². The van der Waals surface area contributed by atoms with Crippen molar-refractivity contribution in [2.45, 2.75) is 309 Å². The number of unbranched alkanes of at least 4 members (excludes halogenated alkanes) is 28. The van der Waals surface area contributed by atoms with Gasteiger partial charge in [0, 0.05) is 19.3 Å². The van der Waals surface area contributed by atoms with Gasteiger partial charge in [-0.1, -0.05) is 290 Å². The van der Waals surface area contributed by atoms with Crippen molar-refractivity contribution in [3.63, 3.8) is 0 Å². The van der Waals surface area contributed by atoms with Crippen LogP contribution in [-0.4, -0.2) is 37.2 Å². The van der Waals surface area contributed by atoms with Crippen molar-refractivity contribution in [3.8, 4) is 0 Å². The molecule has 0 aliphatic heterocycles. The third kappa shape index (κ3) is 64.5. The summed E-state index contributed by atoms with van der Waals surface area (Å²) in [5.41, 5.74) is 0. The average molecular weight is 1100 g/mol. The van der Waals surface area contributed by atoms with Gasteiger partial charge in [-0.2, -0.15) is 0 Å². The summed E-state index contributed by atoms with van der Waals surface area (Å²) in [4.78, 5) is 38.2. The first-order chi connectivity index (χ1) is 39.0. The Kier molecular flexibility index (Phi) is 62.8. The van der Waals surface area contributed by atoms with E-state index in [4.69, 9.17) is 14.2 Å². The summed E-state index contributed by atoms with van der Waals surface area (Å²) < 4.78 is 16.9. The predicted octanol–water partition coefficient (Wildman–Crippen LogP) is 22.8. The molecule has 0 saturated heterocycles. The minimum Gasteiger partial charge on any atom is -0.462 e. The summed E-state index contributed by atoms with van der Waals surface area (Å²) in [6.07, 6.45) is 92.1. The van der Waals surface area contributed by atoms with Gasteiger partial charge >= 0.3 is 17.9 Å². The van der Waals surface area contributed by atoms with E-state index in [1.54, 1.807) is 0 Å². The molecule has 0 aliphatic rings. The van der Waals surface area contributed by atoms with E-state index in [0.29, 0.717) is 19.3 Å². The maximum atomic E-state index is 12.9. The molecule has 450 valence electrons. The SMILES string of the molecule is CC/C=C\C/C=C\C/C=C\C/C=C\C/C=C\C/C=C\C/C=C\C/C=C\C/C=C\CCCCCCCCCC(=O)OCC(COC(=O)CCCCCCCCCCCCCCC)OC(=O)CCCCCCC/C=C\CCCCCC. The highest BCUT2D eigenvalue weighted by atomic mass is 16.6. The second-order valence-corrected chi connectivity index (χ2v) is 21.6. The first-order valence-corrected chi connectivity index (χ1v) is 33.0. The van der Waals surface area contributed by atoms with Crippen molar-refractivity contribution < 1.29 is 28.6 Å². The fourth-order valence-electron chi connectivity index (χ4n) is 9.02. The lowest BCUT2D eigenvalue weighted by Gasteiger charge is -2.18. The highest BCUT2D eigenvalue weighted by Crippen LogP contribution is 2.16. The Labute approximate surface area is 488 Å². The molecule has 6 nitrogen and oxygen atoms in total. The van der Waals surface area contributed by atoms with Crippen molar-refractivity contribution in [2.75, 3.05) is 13.2 Å². The van der Waals surface area contributed by atoms with Gasteiger partial charge in [0.1, 0.15) is 13.2 Å². The first kappa shape index (κ1) is 74.8. The summed E-state index contributed by atoms with van der Waals surface area (Å²) in [6, 6.07) is 0. The summed E-state index contributed by atoms with van der Waals surface area (Å²) in [6.45, 7) is 6.51. The average Bonchev–Trinajstić information content (AvgIpc) is 3.45. The van der Waals surface area contributed by atoms with E-state index in [0.717, 1.165) is 135 Å². The minimum absolute atomic E-state index is 0.0829. The van der Waals surface area contributed by atoms with Crippen LogP contribution in [0.5, 0.6) is 0 Å². The molecule has 0 rings (SSSR count). The van der Waals surface area contributed by atoms with E-state index in [2.05, 4.69) is 142 Å². The van der Waals surface area contributed by atoms with Crippen LogP contribution < -0.4 is 0 Å². The Morgan fingerprint density at radius 1 is 0.266 bits per heavy atom. The molecule has 0 N–H and O–H groups in total. The summed E-state index contributed by atoms with van der Waals surface area (Å²) in [5.74, 6) is -0.897. The standard InChI is InChI=1S/C73H122O6/c1-4-7-10-13-16-19-22-25-26-27-28-29-30-31-32-33-34-35-36-37-38-39-40-41-42-43-44-45-46-49-51-54-57-60-63-66-72(75)78-69-70(79-73(76)67-64-61-58-55-52-48-24-21-18-15-12-9-6-3)68-77-71(74)65-62-59-56-53-50-47-23-20-17-14-11-8-5-2/h7,10,16,19,21,24-26,28-29,31-32,34-35,37-38,40-41,43-44,70H,4-6,8-9,11-15,17-18,20,22-23,27,30,33,36,39,42,45-69H2,1-3H3/b10-7-,19-16-,24-21-,26-25-,29-28-,32-31-,35-34-,38-37-,41-40-,44-43-. The molecule has 0 amide bonds. The number of hydrogen-bond acceptors (Lipinski definition) is 6. The van der Waals surface area contributed by atoms with Gasteiger partial charge in [-0.3, -0.25) is 14.4 Å². The molecule has 0 aromatic heterocycles. The smallest absolute Gasteiger partial charge is 0.306 e. The topological polar surface area (TPSA) is 78.9 Å². The second-order valence-electron chi connectivity index (χ2n) is 21.6. The van der Waals surface area contributed by atoms with Gasteiger partial charge in [-0.25, -0.2) is 0 Å². The second kappa shape index (κ2) is 66.3. The van der Waals surface area contributed by atoms with Gasteiger partial charge in [0.2, 0.25) is 0 Å². The zero-order valence-electron chi connectivity index (χ0n) is 51.6. The molecule has 0 aromatic carbocycles. The predicted molar refractivity (Wildman–Crippen MR) is 343 cm³/mol. The van der Waals surface area contributed by atoms with Crippen LogP contribution in [0.3, 0.4) is 0 Å². The summed E-state index contributed by atoms with van der Waals surface area (Å²) in [7, 11) is 0. The van der Waals surface area contributed by atoms with Gasteiger partial charge in [0.05, 0.1) is 0 Å². The molecule has 0 radical (unpaired) electrons. The maximum absolute atomic E-state index is 12.9. The zero-order valence-corrected chi connectivity index (χ0v) is 51.6. The third-order valence-electron chi connectivity index (χ3n) is 14.0. The van der Waals surface area contributed by atoms with Gasteiger partial charge < -0.3 is 14.2 Å². The maximum Gasteiger partial charge on any atom is 0.306 e. The number of esters is 3. The summed E-state index contributed by atoms with van der Waals surface area (Å²) >= 11 is 0. The van der Waals surface area contributed by atoms with Crippen LogP contribution in [0.1, 0.15) is 303 Å². The van der Waals surface area contributed by atoms with E-state index >= 15 is 0 Å². The Hall–Kier alpha value is -4.19. The molecule has 0 bridgehead atoms. The molecule has 79 heavy (non-hydrogen) atoms. The van der Waals surface area contributed by atoms with Gasteiger partial charge in [0.25, 0.3) is 0 Å². The number of rotatable bonds is 59. The third-order valence-corrected chi connectivity index (χ3v) is 14.0. The van der Waals surface area contributed by atoms with Crippen molar-refractivity contribution in [2.24, 2.45) is 0 Å². The molecule has 1 atom stereocenters. The monoisotopic (exact) mass is 1090 g/mol. The first-order valence-electron chi connectivity index (χ1n) is 33.0. The fraction of sp³-hybridized carbons (Fsp3) is 0.685. The van der Waals surface area contributed by atoms with Crippen LogP contribution in [-0.2, 0) is 28.6 Å². The van der Waals surface area contributed by atoms with Gasteiger partial charge in [-0.15, -0.1) is 0 Å². The van der Waals surface area contributed by atoms with Gasteiger partial charge in [0.15, 0.2) is 6.10 Å². The van der Waals surface area contributed by atoms with Crippen LogP contribution in [0.25, 0.3) is 0 Å². The molecule has 0 heterocycles. The number of allylic oxidation sites excluding steroid dienone is 20. The van der Waals surface area contributed by atoms with E-state index in [-0.39, 0.29) is 31.1 Å². The number of hydrogen-bond donors (Lipinski definition) is 0. The van der Waals surface area contributed by atoms with Crippen LogP contribution >= 0.6 is 0 Å². The number of carbonyl (C=O) groups is 3. The van der Waals surface area contributed by atoms with Crippen LogP contribution in [0, 0.1) is 0 Å². The van der Waals surface area contributed by atoms with E-state index in [1.165, 1.54) is 128 Å². The Morgan fingerprint density at radius 2 is 0.494 bits per heavy atom. The number of ether oxygens (including phenoxy) is 3. The molecule has 0 fully saturated rings. The lowest BCUT2D eigenvalue weighted by Crippen LogP contribution is -2.30. The Morgan fingerprint density at radius 3 is 0.797 bits per heavy atom. The fourth-order valence-corrected chi connectivity index (χ4v) is 9.02. The molecule has 0 saturated carbocycles. The molecule has 0 aliphatic carbocycles. The van der Waals surface area contributed by atoms with Gasteiger partial charge in [-0.05, 0) is 116 Å². The Balaban J connectivity index is 4.23. The molecular formula is C73H122O6. The van der Waals surface area contributed by atoms with E-state index < -0.39 is 6.10 Å². The molecule has 6 heteroatoms. The lowest BCUT2D eigenvalue weighted by molar-refractivity contribution is -0.167. The van der Waals surface area contributed by atoms with E-state index in [9.17, 15) is 14.4 Å². The summed E-state index contributed by atoms with van der Waals surface area (Å²) in [5, 5.41) is 0. The van der Waals surface area contributed by atoms with Crippen LogP contribution in [0.15, 0.2) is 122 Å². The quantitative estimate of drug-likeness (QED) is 0.0261. The number of carbonyl (C=O) groups excluding carboxylic acids is 3. The normalized spacial score (nSPS) is 12.9. The Bertz CT molecular complexity index is 1640. The largest absolute Gasteiger partial charge is 0.462 e. The highest BCUT2D eigenvalue weighted by Gasteiger charge is 2.19. The molecule has 0 spiro atoms. The molecular weight excluding hydrogens is 973 g/mol. The van der Waals surface area contributed by atoms with Crippen LogP contribution in [0.2, 0.25) is 0 Å². The lowest BCUT2D eigenvalue weighted by atomic mass is 10.0.